The molecule has 0 aliphatic rings. The molecule has 0 heterocycles. The number of hydrogen-bond acceptors (Lipinski definition) is 4. The van der Waals surface area contributed by atoms with Gasteiger partial charge in [-0.2, -0.15) is 0 Å². The van der Waals surface area contributed by atoms with Crippen molar-refractivity contribution >= 4 is 5.97 Å². The SMILES string of the molecule is COc1cc(C(CN)C(=O)O)c(OC)cc1C(C)C. The van der Waals surface area contributed by atoms with Gasteiger partial charge in [-0.25, -0.2) is 0 Å². The third-order valence-electron chi connectivity index (χ3n) is 3.11. The maximum absolute atomic E-state index is 11.2. The second-order valence-corrected chi connectivity index (χ2v) is 4.62. The van der Waals surface area contributed by atoms with Crippen molar-refractivity contribution in [3.8, 4) is 11.5 Å². The largest absolute Gasteiger partial charge is 0.496 e. The second-order valence-electron chi connectivity index (χ2n) is 4.62. The van der Waals surface area contributed by atoms with Crippen molar-refractivity contribution < 1.29 is 19.4 Å². The molecule has 0 fully saturated rings. The van der Waals surface area contributed by atoms with Crippen molar-refractivity contribution in [2.45, 2.75) is 25.7 Å². The fourth-order valence-electron chi connectivity index (χ4n) is 2.03. The van der Waals surface area contributed by atoms with Gasteiger partial charge in [0, 0.05) is 17.7 Å². The summed E-state index contributed by atoms with van der Waals surface area (Å²) in [5.41, 5.74) is 7.06. The van der Waals surface area contributed by atoms with Crippen LogP contribution in [0.25, 0.3) is 0 Å². The number of rotatable bonds is 6. The van der Waals surface area contributed by atoms with Crippen LogP contribution < -0.4 is 15.2 Å². The number of methoxy groups -OCH3 is 2. The number of carbonyl (C=O) groups is 1. The van der Waals surface area contributed by atoms with E-state index in [-0.39, 0.29) is 12.5 Å². The maximum Gasteiger partial charge on any atom is 0.312 e. The summed E-state index contributed by atoms with van der Waals surface area (Å²) in [7, 11) is 3.08. The topological polar surface area (TPSA) is 81.8 Å². The van der Waals surface area contributed by atoms with Crippen molar-refractivity contribution in [3.63, 3.8) is 0 Å². The Balaban J connectivity index is 3.43. The molecule has 0 saturated carbocycles. The van der Waals surface area contributed by atoms with Gasteiger partial charge in [-0.05, 0) is 18.1 Å². The fourth-order valence-corrected chi connectivity index (χ4v) is 2.03. The summed E-state index contributed by atoms with van der Waals surface area (Å²) >= 11 is 0. The van der Waals surface area contributed by atoms with Crippen molar-refractivity contribution in [3.05, 3.63) is 23.3 Å². The highest BCUT2D eigenvalue weighted by atomic mass is 16.5. The first-order valence-electron chi connectivity index (χ1n) is 6.14. The van der Waals surface area contributed by atoms with Crippen LogP contribution in [0.15, 0.2) is 12.1 Å². The highest BCUT2D eigenvalue weighted by Gasteiger charge is 2.24. The number of benzene rings is 1. The monoisotopic (exact) mass is 267 g/mol. The number of carboxylic acid groups (broad SMARTS) is 1. The molecule has 106 valence electrons. The highest BCUT2D eigenvalue weighted by molar-refractivity contribution is 5.78. The summed E-state index contributed by atoms with van der Waals surface area (Å²) in [6.07, 6.45) is 0. The third kappa shape index (κ3) is 3.17. The molecule has 0 aliphatic carbocycles. The fraction of sp³-hybridized carbons (Fsp3) is 0.500. The molecule has 0 amide bonds. The summed E-state index contributed by atoms with van der Waals surface area (Å²) in [4.78, 5) is 11.2. The minimum Gasteiger partial charge on any atom is -0.496 e. The van der Waals surface area contributed by atoms with Crippen LogP contribution in [0.5, 0.6) is 11.5 Å². The number of ether oxygens (including phenoxy) is 2. The molecular formula is C14H21NO4. The van der Waals surface area contributed by atoms with Gasteiger partial charge in [0.25, 0.3) is 0 Å². The van der Waals surface area contributed by atoms with Crippen LogP contribution in [-0.4, -0.2) is 31.8 Å². The summed E-state index contributed by atoms with van der Waals surface area (Å²) in [6, 6.07) is 3.53. The molecule has 0 aliphatic heterocycles. The smallest absolute Gasteiger partial charge is 0.312 e. The molecular weight excluding hydrogens is 246 g/mol. The van der Waals surface area contributed by atoms with E-state index in [1.807, 2.05) is 19.9 Å². The van der Waals surface area contributed by atoms with Crippen molar-refractivity contribution in [1.29, 1.82) is 0 Å². The Hall–Kier alpha value is -1.75. The number of aliphatic carboxylic acids is 1. The average Bonchev–Trinajstić information content (AvgIpc) is 2.38. The summed E-state index contributed by atoms with van der Waals surface area (Å²) in [6.45, 7) is 4.08. The molecule has 19 heavy (non-hydrogen) atoms. The molecule has 5 nitrogen and oxygen atoms in total. The van der Waals surface area contributed by atoms with Crippen LogP contribution in [0.4, 0.5) is 0 Å². The second kappa shape index (κ2) is 6.43. The number of hydrogen-bond donors (Lipinski definition) is 2. The van der Waals surface area contributed by atoms with E-state index < -0.39 is 11.9 Å². The molecule has 0 spiro atoms. The molecule has 5 heteroatoms. The van der Waals surface area contributed by atoms with Crippen LogP contribution in [0.2, 0.25) is 0 Å². The van der Waals surface area contributed by atoms with Gasteiger partial charge in [0.15, 0.2) is 0 Å². The van der Waals surface area contributed by atoms with Gasteiger partial charge in [-0.15, -0.1) is 0 Å². The van der Waals surface area contributed by atoms with E-state index in [1.165, 1.54) is 7.11 Å². The predicted octanol–water partition coefficient (Wildman–Crippen LogP) is 1.95. The first kappa shape index (κ1) is 15.3. The Morgan fingerprint density at radius 2 is 1.68 bits per heavy atom. The Kier molecular flexibility index (Phi) is 5.18. The minimum absolute atomic E-state index is 0.00979. The molecule has 0 saturated heterocycles. The van der Waals surface area contributed by atoms with Crippen LogP contribution in [-0.2, 0) is 4.79 Å². The highest BCUT2D eigenvalue weighted by Crippen LogP contribution is 2.36. The van der Waals surface area contributed by atoms with Crippen molar-refractivity contribution in [1.82, 2.24) is 0 Å². The third-order valence-corrected chi connectivity index (χ3v) is 3.11. The molecule has 3 N–H and O–H groups in total. The molecule has 1 unspecified atom stereocenters. The van der Waals surface area contributed by atoms with Gasteiger partial charge < -0.3 is 20.3 Å². The molecule has 0 aromatic heterocycles. The molecule has 1 aromatic rings. The Morgan fingerprint density at radius 1 is 1.21 bits per heavy atom. The summed E-state index contributed by atoms with van der Waals surface area (Å²) in [5.74, 6) is -0.336. The minimum atomic E-state index is -0.972. The average molecular weight is 267 g/mol. The molecule has 1 rings (SSSR count). The maximum atomic E-state index is 11.2. The van der Waals surface area contributed by atoms with E-state index >= 15 is 0 Å². The van der Waals surface area contributed by atoms with Crippen molar-refractivity contribution in [2.75, 3.05) is 20.8 Å². The first-order chi connectivity index (χ1) is 8.96. The lowest BCUT2D eigenvalue weighted by Gasteiger charge is -2.19. The zero-order valence-corrected chi connectivity index (χ0v) is 11.8. The van der Waals surface area contributed by atoms with Gasteiger partial charge in [-0.1, -0.05) is 13.8 Å². The van der Waals surface area contributed by atoms with Crippen molar-refractivity contribution in [2.24, 2.45) is 5.73 Å². The Morgan fingerprint density at radius 3 is 2.05 bits per heavy atom. The van der Waals surface area contributed by atoms with Gasteiger partial charge >= 0.3 is 5.97 Å². The van der Waals surface area contributed by atoms with E-state index in [0.717, 1.165) is 5.56 Å². The van der Waals surface area contributed by atoms with Gasteiger partial charge in [0.05, 0.1) is 20.1 Å². The zero-order chi connectivity index (χ0) is 14.6. The van der Waals surface area contributed by atoms with E-state index in [4.69, 9.17) is 15.2 Å². The summed E-state index contributed by atoms with van der Waals surface area (Å²) < 4.78 is 10.6. The number of nitrogens with two attached hydrogens (primary N) is 1. The lowest BCUT2D eigenvalue weighted by Crippen LogP contribution is -2.22. The molecule has 1 atom stereocenters. The summed E-state index contributed by atoms with van der Waals surface area (Å²) in [5, 5.41) is 9.21. The van der Waals surface area contributed by atoms with Crippen LogP contribution in [0.3, 0.4) is 0 Å². The lowest BCUT2D eigenvalue weighted by atomic mass is 9.93. The molecule has 0 bridgehead atoms. The van der Waals surface area contributed by atoms with E-state index in [2.05, 4.69) is 0 Å². The van der Waals surface area contributed by atoms with Gasteiger partial charge in [0.2, 0.25) is 0 Å². The Labute approximate surface area is 113 Å². The molecule has 1 aromatic carbocycles. The standard InChI is InChI=1S/C14H21NO4/c1-8(2)9-5-13(19-4)10(6-12(9)18-3)11(7-15)14(16)17/h5-6,8,11H,7,15H2,1-4H3,(H,16,17). The quantitative estimate of drug-likeness (QED) is 0.823. The van der Waals surface area contributed by atoms with Crippen LogP contribution in [0.1, 0.15) is 36.8 Å². The van der Waals surface area contributed by atoms with Crippen LogP contribution in [0, 0.1) is 0 Å². The predicted molar refractivity (Wildman–Crippen MR) is 73.1 cm³/mol. The first-order valence-corrected chi connectivity index (χ1v) is 6.14. The van der Waals surface area contributed by atoms with E-state index in [1.54, 1.807) is 13.2 Å². The van der Waals surface area contributed by atoms with Crippen LogP contribution >= 0.6 is 0 Å². The van der Waals surface area contributed by atoms with E-state index in [9.17, 15) is 9.90 Å². The van der Waals surface area contributed by atoms with E-state index in [0.29, 0.717) is 17.1 Å². The van der Waals surface area contributed by atoms with Gasteiger partial charge in [0.1, 0.15) is 11.5 Å². The van der Waals surface area contributed by atoms with Gasteiger partial charge in [-0.3, -0.25) is 4.79 Å². The molecule has 0 radical (unpaired) electrons. The lowest BCUT2D eigenvalue weighted by molar-refractivity contribution is -0.138. The normalized spacial score (nSPS) is 12.3. The Bertz CT molecular complexity index is 457. The zero-order valence-electron chi connectivity index (χ0n) is 11.8. The number of carboxylic acids is 1.